The SMILES string of the molecule is Cc1cc(C)n2ncc(C(=O)NCc3ccc(F)c(C)c3)c2n1. The summed E-state index contributed by atoms with van der Waals surface area (Å²) in [5, 5.41) is 7.03. The fraction of sp³-hybridized carbons (Fsp3) is 0.235. The zero-order chi connectivity index (χ0) is 16.6. The van der Waals surface area contributed by atoms with E-state index in [1.165, 1.54) is 12.3 Å². The van der Waals surface area contributed by atoms with Crippen molar-refractivity contribution >= 4 is 11.6 Å². The number of hydrogen-bond donors (Lipinski definition) is 1. The van der Waals surface area contributed by atoms with E-state index in [1.807, 2.05) is 19.9 Å². The van der Waals surface area contributed by atoms with Crippen LogP contribution in [0.2, 0.25) is 0 Å². The highest BCUT2D eigenvalue weighted by Gasteiger charge is 2.15. The molecule has 0 unspecified atom stereocenters. The molecule has 0 radical (unpaired) electrons. The molecule has 2 aromatic heterocycles. The Hall–Kier alpha value is -2.76. The number of fused-ring (bicyclic) bond motifs is 1. The fourth-order valence-corrected chi connectivity index (χ4v) is 2.52. The molecule has 3 aromatic rings. The second-order valence-corrected chi connectivity index (χ2v) is 5.60. The molecule has 1 N–H and O–H groups in total. The summed E-state index contributed by atoms with van der Waals surface area (Å²) < 4.78 is 14.9. The van der Waals surface area contributed by atoms with Gasteiger partial charge in [-0.3, -0.25) is 4.79 Å². The summed E-state index contributed by atoms with van der Waals surface area (Å²) in [6.07, 6.45) is 1.51. The van der Waals surface area contributed by atoms with Gasteiger partial charge in [0, 0.05) is 17.9 Å². The van der Waals surface area contributed by atoms with Crippen molar-refractivity contribution in [3.8, 4) is 0 Å². The second-order valence-electron chi connectivity index (χ2n) is 5.60. The third-order valence-corrected chi connectivity index (χ3v) is 3.70. The molecular weight excluding hydrogens is 295 g/mol. The van der Waals surface area contributed by atoms with Crippen LogP contribution in [0.3, 0.4) is 0 Å². The van der Waals surface area contributed by atoms with E-state index in [0.717, 1.165) is 17.0 Å². The second kappa shape index (κ2) is 5.79. The largest absolute Gasteiger partial charge is 0.348 e. The van der Waals surface area contributed by atoms with E-state index >= 15 is 0 Å². The minimum Gasteiger partial charge on any atom is -0.348 e. The van der Waals surface area contributed by atoms with Gasteiger partial charge < -0.3 is 5.32 Å². The Morgan fingerprint density at radius 3 is 2.78 bits per heavy atom. The average molecular weight is 312 g/mol. The third kappa shape index (κ3) is 2.92. The maximum Gasteiger partial charge on any atom is 0.257 e. The van der Waals surface area contributed by atoms with Crippen molar-refractivity contribution in [2.45, 2.75) is 27.3 Å². The number of nitrogens with one attached hydrogen (secondary N) is 1. The third-order valence-electron chi connectivity index (χ3n) is 3.70. The van der Waals surface area contributed by atoms with Crippen LogP contribution < -0.4 is 5.32 Å². The van der Waals surface area contributed by atoms with Crippen molar-refractivity contribution in [1.29, 1.82) is 0 Å². The van der Waals surface area contributed by atoms with Gasteiger partial charge in [0.1, 0.15) is 11.4 Å². The lowest BCUT2D eigenvalue weighted by molar-refractivity contribution is 0.0952. The molecule has 0 aliphatic rings. The Labute approximate surface area is 133 Å². The summed E-state index contributed by atoms with van der Waals surface area (Å²) >= 11 is 0. The highest BCUT2D eigenvalue weighted by Crippen LogP contribution is 2.13. The van der Waals surface area contributed by atoms with Gasteiger partial charge in [-0.25, -0.2) is 13.9 Å². The molecule has 1 aromatic carbocycles. The van der Waals surface area contributed by atoms with Crippen molar-refractivity contribution in [3.05, 3.63) is 64.4 Å². The standard InChI is InChI=1S/C17H17FN4O/c1-10-6-13(4-5-15(10)18)8-19-17(23)14-9-20-22-12(3)7-11(2)21-16(14)22/h4-7,9H,8H2,1-3H3,(H,19,23). The summed E-state index contributed by atoms with van der Waals surface area (Å²) in [5.41, 5.74) is 4.11. The number of hydrogen-bond acceptors (Lipinski definition) is 3. The fourth-order valence-electron chi connectivity index (χ4n) is 2.52. The van der Waals surface area contributed by atoms with E-state index in [-0.39, 0.29) is 11.7 Å². The Kier molecular flexibility index (Phi) is 3.82. The molecule has 3 rings (SSSR count). The van der Waals surface area contributed by atoms with Gasteiger partial charge >= 0.3 is 0 Å². The molecule has 0 spiro atoms. The molecule has 1 amide bonds. The molecule has 0 fully saturated rings. The Bertz CT molecular complexity index is 901. The minimum absolute atomic E-state index is 0.250. The number of benzene rings is 1. The maximum absolute atomic E-state index is 13.3. The normalized spacial score (nSPS) is 11.0. The average Bonchev–Trinajstić information content (AvgIpc) is 2.92. The van der Waals surface area contributed by atoms with E-state index in [2.05, 4.69) is 15.4 Å². The van der Waals surface area contributed by atoms with E-state index in [0.29, 0.717) is 23.3 Å². The van der Waals surface area contributed by atoms with Gasteiger partial charge in [-0.2, -0.15) is 5.10 Å². The van der Waals surface area contributed by atoms with Gasteiger partial charge in [-0.15, -0.1) is 0 Å². The molecule has 0 atom stereocenters. The van der Waals surface area contributed by atoms with Gasteiger partial charge in [-0.1, -0.05) is 12.1 Å². The first-order chi connectivity index (χ1) is 11.0. The molecule has 118 valence electrons. The van der Waals surface area contributed by atoms with Gasteiger partial charge in [-0.05, 0) is 44.0 Å². The molecular formula is C17H17FN4O. The molecule has 2 heterocycles. The first kappa shape index (κ1) is 15.1. The van der Waals surface area contributed by atoms with E-state index in [1.54, 1.807) is 23.6 Å². The van der Waals surface area contributed by atoms with Crippen LogP contribution in [-0.2, 0) is 6.54 Å². The first-order valence-corrected chi connectivity index (χ1v) is 7.31. The molecule has 0 bridgehead atoms. The lowest BCUT2D eigenvalue weighted by atomic mass is 10.1. The maximum atomic E-state index is 13.3. The Balaban J connectivity index is 1.82. The monoisotopic (exact) mass is 312 g/mol. The number of nitrogens with zero attached hydrogens (tertiary/aromatic N) is 3. The van der Waals surface area contributed by atoms with Crippen molar-refractivity contribution < 1.29 is 9.18 Å². The van der Waals surface area contributed by atoms with E-state index < -0.39 is 0 Å². The highest BCUT2D eigenvalue weighted by atomic mass is 19.1. The first-order valence-electron chi connectivity index (χ1n) is 7.31. The summed E-state index contributed by atoms with van der Waals surface area (Å²) in [5.74, 6) is -0.502. The van der Waals surface area contributed by atoms with Crippen LogP contribution in [0, 0.1) is 26.6 Å². The molecule has 0 saturated carbocycles. The lowest BCUT2D eigenvalue weighted by Gasteiger charge is -2.06. The molecule has 6 heteroatoms. The van der Waals surface area contributed by atoms with E-state index in [4.69, 9.17) is 0 Å². The smallest absolute Gasteiger partial charge is 0.257 e. The van der Waals surface area contributed by atoms with Crippen LogP contribution in [-0.4, -0.2) is 20.5 Å². The predicted octanol–water partition coefficient (Wildman–Crippen LogP) is 2.72. The van der Waals surface area contributed by atoms with Crippen molar-refractivity contribution in [1.82, 2.24) is 19.9 Å². The van der Waals surface area contributed by atoms with Crippen LogP contribution >= 0.6 is 0 Å². The molecule has 0 saturated heterocycles. The number of carbonyl (C=O) groups is 1. The number of aryl methyl sites for hydroxylation is 3. The van der Waals surface area contributed by atoms with Gasteiger partial charge in [0.25, 0.3) is 5.91 Å². The van der Waals surface area contributed by atoms with Crippen LogP contribution in [0.15, 0.2) is 30.5 Å². The van der Waals surface area contributed by atoms with Crippen LogP contribution in [0.25, 0.3) is 5.65 Å². The molecule has 5 nitrogen and oxygen atoms in total. The van der Waals surface area contributed by atoms with Crippen molar-refractivity contribution in [2.24, 2.45) is 0 Å². The summed E-state index contributed by atoms with van der Waals surface area (Å²) in [7, 11) is 0. The number of aromatic nitrogens is 3. The number of amides is 1. The quantitative estimate of drug-likeness (QED) is 0.809. The predicted molar refractivity (Wildman–Crippen MR) is 84.8 cm³/mol. The molecule has 0 aliphatic carbocycles. The molecule has 23 heavy (non-hydrogen) atoms. The summed E-state index contributed by atoms with van der Waals surface area (Å²) in [6, 6.07) is 6.69. The van der Waals surface area contributed by atoms with Gasteiger partial charge in [0.05, 0.1) is 6.20 Å². The zero-order valence-electron chi connectivity index (χ0n) is 13.2. The zero-order valence-corrected chi connectivity index (χ0v) is 13.2. The van der Waals surface area contributed by atoms with Gasteiger partial charge in [0.15, 0.2) is 5.65 Å². The van der Waals surface area contributed by atoms with Gasteiger partial charge in [0.2, 0.25) is 0 Å². The molecule has 0 aliphatic heterocycles. The van der Waals surface area contributed by atoms with Crippen molar-refractivity contribution in [3.63, 3.8) is 0 Å². The van der Waals surface area contributed by atoms with Crippen LogP contribution in [0.1, 0.15) is 32.9 Å². The number of halogens is 1. The lowest BCUT2D eigenvalue weighted by Crippen LogP contribution is -2.23. The number of carbonyl (C=O) groups excluding carboxylic acids is 1. The Morgan fingerprint density at radius 1 is 1.26 bits per heavy atom. The van der Waals surface area contributed by atoms with Crippen molar-refractivity contribution in [2.75, 3.05) is 0 Å². The Morgan fingerprint density at radius 2 is 2.04 bits per heavy atom. The number of rotatable bonds is 3. The van der Waals surface area contributed by atoms with Crippen LogP contribution in [0.4, 0.5) is 4.39 Å². The van der Waals surface area contributed by atoms with Crippen LogP contribution in [0.5, 0.6) is 0 Å². The minimum atomic E-state index is -0.252. The summed E-state index contributed by atoms with van der Waals surface area (Å²) in [6.45, 7) is 5.81. The topological polar surface area (TPSA) is 59.3 Å². The van der Waals surface area contributed by atoms with E-state index in [9.17, 15) is 9.18 Å². The summed E-state index contributed by atoms with van der Waals surface area (Å²) in [4.78, 5) is 16.8. The highest BCUT2D eigenvalue weighted by molar-refractivity contribution is 5.99.